The molecule has 1 saturated heterocycles. The van der Waals surface area contributed by atoms with Crippen LogP contribution in [0.3, 0.4) is 0 Å². The first-order chi connectivity index (χ1) is 27.4. The average molecular weight is 834 g/mol. The van der Waals surface area contributed by atoms with E-state index >= 15 is 0 Å². The molecular weight excluding hydrogens is 778 g/mol. The van der Waals surface area contributed by atoms with Gasteiger partial charge >= 0.3 is 5.97 Å². The van der Waals surface area contributed by atoms with E-state index < -0.39 is 147 Å². The van der Waals surface area contributed by atoms with Crippen LogP contribution < -0.4 is 54.0 Å². The fourth-order valence-corrected chi connectivity index (χ4v) is 5.36. The third kappa shape index (κ3) is 17.3. The maximum Gasteiger partial charge on any atom is 0.322 e. The van der Waals surface area contributed by atoms with Crippen molar-refractivity contribution in [3.05, 3.63) is 0 Å². The molecule has 0 spiro atoms. The van der Waals surface area contributed by atoms with Gasteiger partial charge in [-0.05, 0) is 45.6 Å². The van der Waals surface area contributed by atoms with E-state index in [1.54, 1.807) is 0 Å². The van der Waals surface area contributed by atoms with Crippen molar-refractivity contribution in [2.24, 2.45) is 11.5 Å². The molecule has 328 valence electrons. The molecule has 0 aromatic heterocycles. The van der Waals surface area contributed by atoms with Gasteiger partial charge in [0.1, 0.15) is 42.8 Å². The van der Waals surface area contributed by atoms with Crippen LogP contribution in [0.5, 0.6) is 0 Å². The van der Waals surface area contributed by atoms with Crippen LogP contribution in [0.4, 0.5) is 0 Å². The van der Waals surface area contributed by atoms with Gasteiger partial charge in [-0.3, -0.25) is 47.9 Å². The third-order valence-electron chi connectivity index (χ3n) is 8.41. The summed E-state index contributed by atoms with van der Waals surface area (Å²) in [5, 5.41) is 65.1. The summed E-state index contributed by atoms with van der Waals surface area (Å²) in [4.78, 5) is 126. The fourth-order valence-electron chi connectivity index (χ4n) is 5.36. The second-order valence-corrected chi connectivity index (χ2v) is 12.9. The molecule has 0 radical (unpaired) electrons. The molecule has 1 fully saturated rings. The van der Waals surface area contributed by atoms with Crippen LogP contribution in [0.1, 0.15) is 39.0 Å². The Kier molecular flexibility index (Phi) is 23.0. The largest absolute Gasteiger partial charge is 0.480 e. The summed E-state index contributed by atoms with van der Waals surface area (Å²) in [6.45, 7) is -4.08. The molecule has 9 amide bonds. The third-order valence-corrected chi connectivity index (χ3v) is 8.41. The van der Waals surface area contributed by atoms with Gasteiger partial charge in [-0.1, -0.05) is 0 Å². The lowest BCUT2D eigenvalue weighted by atomic mass is 10.1. The molecule has 0 aromatic rings. The summed E-state index contributed by atoms with van der Waals surface area (Å²) < 4.78 is 0. The molecule has 0 aliphatic carbocycles. The van der Waals surface area contributed by atoms with Crippen molar-refractivity contribution in [3.63, 3.8) is 0 Å². The highest BCUT2D eigenvalue weighted by atomic mass is 16.4. The number of aliphatic hydroxyl groups is 4. The van der Waals surface area contributed by atoms with Crippen molar-refractivity contribution in [1.82, 2.24) is 47.4 Å². The maximum atomic E-state index is 13.4. The predicted octanol–water partition coefficient (Wildman–Crippen LogP) is -9.72. The first-order valence-electron chi connectivity index (χ1n) is 18.2. The number of aliphatic carboxylic acids is 1. The van der Waals surface area contributed by atoms with E-state index in [1.165, 1.54) is 4.90 Å². The Morgan fingerprint density at radius 1 is 0.655 bits per heavy atom. The number of hydrogen-bond acceptors (Lipinski definition) is 16. The highest BCUT2D eigenvalue weighted by Crippen LogP contribution is 2.20. The zero-order chi connectivity index (χ0) is 43.9. The minimum absolute atomic E-state index is 0.122. The van der Waals surface area contributed by atoms with Gasteiger partial charge in [0.05, 0.1) is 45.6 Å². The fraction of sp³-hybridized carbons (Fsp3) is 0.688. The van der Waals surface area contributed by atoms with E-state index in [-0.39, 0.29) is 19.4 Å². The van der Waals surface area contributed by atoms with E-state index in [4.69, 9.17) is 16.6 Å². The lowest BCUT2D eigenvalue weighted by Crippen LogP contribution is -2.61. The normalized spacial score (nSPS) is 16.5. The molecule has 17 N–H and O–H groups in total. The van der Waals surface area contributed by atoms with E-state index in [0.29, 0.717) is 25.8 Å². The second-order valence-electron chi connectivity index (χ2n) is 12.9. The summed E-state index contributed by atoms with van der Waals surface area (Å²) in [5.74, 6) is -9.70. The SMILES string of the molecule is C[C@@H](O)[C@H](NC(=O)[C@H](CO)NC(=O)CN)C(=O)N[C@@H](CO)C(=O)NCC(=O)N[C@@H](CO)C(=O)NCC(=O)N[C@@H](CCCCN)C(=O)N1CCC[C@H]1C(=O)NCC(=O)O. The van der Waals surface area contributed by atoms with Crippen LogP contribution in [0.25, 0.3) is 0 Å². The Hall–Kier alpha value is -5.54. The monoisotopic (exact) mass is 833 g/mol. The molecule has 0 bridgehead atoms. The Labute approximate surface area is 331 Å². The molecule has 1 rings (SSSR count). The molecule has 58 heavy (non-hydrogen) atoms. The highest BCUT2D eigenvalue weighted by Gasteiger charge is 2.38. The molecule has 0 unspecified atom stereocenters. The lowest BCUT2D eigenvalue weighted by Gasteiger charge is -2.28. The van der Waals surface area contributed by atoms with E-state index in [2.05, 4.69) is 42.5 Å². The van der Waals surface area contributed by atoms with Crippen LogP contribution in [-0.4, -0.2) is 191 Å². The van der Waals surface area contributed by atoms with Gasteiger partial charge in [0.25, 0.3) is 0 Å². The van der Waals surface area contributed by atoms with Crippen molar-refractivity contribution in [1.29, 1.82) is 0 Å². The number of rotatable bonds is 26. The molecule has 0 saturated carbocycles. The van der Waals surface area contributed by atoms with E-state index in [0.717, 1.165) is 6.92 Å². The molecule has 1 aliphatic rings. The van der Waals surface area contributed by atoms with Crippen molar-refractivity contribution in [3.8, 4) is 0 Å². The summed E-state index contributed by atoms with van der Waals surface area (Å²) >= 11 is 0. The first kappa shape index (κ1) is 50.5. The number of amides is 9. The number of unbranched alkanes of at least 4 members (excludes halogenated alkanes) is 1. The summed E-state index contributed by atoms with van der Waals surface area (Å²) in [5.41, 5.74) is 10.7. The predicted molar refractivity (Wildman–Crippen MR) is 196 cm³/mol. The van der Waals surface area contributed by atoms with Crippen molar-refractivity contribution in [2.75, 3.05) is 59.1 Å². The van der Waals surface area contributed by atoms with Crippen LogP contribution in [0.2, 0.25) is 0 Å². The number of nitrogens with two attached hydrogens (primary N) is 2. The average Bonchev–Trinajstić information content (AvgIpc) is 3.69. The highest BCUT2D eigenvalue weighted by molar-refractivity contribution is 5.97. The molecule has 26 nitrogen and oxygen atoms in total. The second kappa shape index (κ2) is 26.4. The van der Waals surface area contributed by atoms with Crippen LogP contribution >= 0.6 is 0 Å². The number of carbonyl (C=O) groups excluding carboxylic acids is 9. The quantitative estimate of drug-likeness (QED) is 0.0360. The standard InChI is InChI=1S/C32H55N11O15/c1-16(47)26(42-29(55)20(15-46)39-22(48)9-34)31(57)41-19(14-45)28(54)36-11-24(50)40-18(13-44)27(53)35-10-23(49)38-17(5-2-3-7-33)32(58)43-8-4-6-21(43)30(56)37-12-25(51)52/h16-21,26,44-47H,2-15,33-34H2,1H3,(H,35,53)(H,36,54)(H,37,56)(H,38,49)(H,39,48)(H,40,50)(H,41,57)(H,42,55)(H,51,52)/t16-,17+,18+,19+,20+,21+,26+/m1/s1. The Balaban J connectivity index is 2.77. The maximum absolute atomic E-state index is 13.4. The number of nitrogens with zero attached hydrogens (tertiary/aromatic N) is 1. The van der Waals surface area contributed by atoms with Gasteiger partial charge in [0.15, 0.2) is 0 Å². The summed E-state index contributed by atoms with van der Waals surface area (Å²) in [7, 11) is 0. The van der Waals surface area contributed by atoms with Gasteiger partial charge in [0, 0.05) is 6.54 Å². The Bertz CT molecular complexity index is 1470. The zero-order valence-corrected chi connectivity index (χ0v) is 31.9. The number of carboxylic acid groups (broad SMARTS) is 1. The molecule has 7 atom stereocenters. The van der Waals surface area contributed by atoms with Crippen molar-refractivity contribution >= 4 is 59.1 Å². The minimum Gasteiger partial charge on any atom is -0.480 e. The number of carboxylic acids is 1. The van der Waals surface area contributed by atoms with Crippen LogP contribution in [-0.2, 0) is 47.9 Å². The molecular formula is C32H55N11O15. The molecule has 0 aromatic carbocycles. The number of aliphatic hydroxyl groups excluding tert-OH is 4. The summed E-state index contributed by atoms with van der Waals surface area (Å²) in [6.07, 6.45) is 0.166. The molecule has 1 aliphatic heterocycles. The summed E-state index contributed by atoms with van der Waals surface area (Å²) in [6, 6.07) is -8.78. The van der Waals surface area contributed by atoms with Gasteiger partial charge in [-0.25, -0.2) is 0 Å². The number of hydrogen-bond donors (Lipinski definition) is 15. The molecule has 26 heteroatoms. The topological polar surface area (TPSA) is 423 Å². The first-order valence-corrected chi connectivity index (χ1v) is 18.2. The zero-order valence-electron chi connectivity index (χ0n) is 31.9. The van der Waals surface area contributed by atoms with Crippen molar-refractivity contribution in [2.45, 2.75) is 81.4 Å². The van der Waals surface area contributed by atoms with Gasteiger partial charge in [-0.15, -0.1) is 0 Å². The van der Waals surface area contributed by atoms with Gasteiger partial charge in [0.2, 0.25) is 53.2 Å². The van der Waals surface area contributed by atoms with Crippen LogP contribution in [0.15, 0.2) is 0 Å². The van der Waals surface area contributed by atoms with Gasteiger partial charge < -0.3 is 84.4 Å². The smallest absolute Gasteiger partial charge is 0.322 e. The minimum atomic E-state index is -1.75. The van der Waals surface area contributed by atoms with E-state index in [1.807, 2.05) is 0 Å². The number of likely N-dealkylation sites (tertiary alicyclic amines) is 1. The number of carbonyl (C=O) groups is 10. The van der Waals surface area contributed by atoms with Crippen LogP contribution in [0, 0.1) is 0 Å². The van der Waals surface area contributed by atoms with Crippen molar-refractivity contribution < 1.29 is 73.5 Å². The Morgan fingerprint density at radius 3 is 1.67 bits per heavy atom. The van der Waals surface area contributed by atoms with Gasteiger partial charge in [-0.2, -0.15) is 0 Å². The Morgan fingerprint density at radius 2 is 1.17 bits per heavy atom. The lowest BCUT2D eigenvalue weighted by molar-refractivity contribution is -0.143. The number of nitrogens with one attached hydrogen (secondary N) is 8. The molecule has 1 heterocycles. The van der Waals surface area contributed by atoms with E-state index in [9.17, 15) is 68.4 Å².